The second-order valence-electron chi connectivity index (χ2n) is 4.79. The maximum atomic E-state index is 12.1. The number of urea groups is 1. The topological polar surface area (TPSA) is 69.7 Å². The fourth-order valence-corrected chi connectivity index (χ4v) is 2.35. The van der Waals surface area contributed by atoms with Crippen molar-refractivity contribution in [1.82, 2.24) is 15.1 Å². The van der Waals surface area contributed by atoms with Crippen molar-refractivity contribution >= 4 is 17.8 Å². The molecule has 0 aromatic rings. The molecule has 0 aromatic heterocycles. The molecule has 18 heavy (non-hydrogen) atoms. The molecule has 0 spiro atoms. The fourth-order valence-electron chi connectivity index (χ4n) is 2.35. The minimum Gasteiger partial charge on any atom is -0.341 e. The van der Waals surface area contributed by atoms with E-state index in [1.807, 2.05) is 0 Å². The first kappa shape index (κ1) is 12.9. The zero-order valence-corrected chi connectivity index (χ0v) is 10.5. The Kier molecular flexibility index (Phi) is 4.17. The summed E-state index contributed by atoms with van der Waals surface area (Å²) in [5, 5.41) is 2.42. The Morgan fingerprint density at radius 2 is 1.67 bits per heavy atom. The van der Waals surface area contributed by atoms with E-state index in [4.69, 9.17) is 0 Å². The van der Waals surface area contributed by atoms with Crippen LogP contribution in [0.3, 0.4) is 0 Å². The van der Waals surface area contributed by atoms with Gasteiger partial charge in [-0.3, -0.25) is 14.5 Å². The highest BCUT2D eigenvalue weighted by Crippen LogP contribution is 2.11. The summed E-state index contributed by atoms with van der Waals surface area (Å²) >= 11 is 0. The molecule has 2 heterocycles. The molecule has 2 fully saturated rings. The summed E-state index contributed by atoms with van der Waals surface area (Å²) in [5.41, 5.74) is 0. The van der Waals surface area contributed by atoms with Crippen LogP contribution in [0.25, 0.3) is 0 Å². The molecule has 0 aliphatic carbocycles. The molecule has 4 amide bonds. The summed E-state index contributed by atoms with van der Waals surface area (Å²) < 4.78 is 0. The summed E-state index contributed by atoms with van der Waals surface area (Å²) in [7, 11) is 0. The van der Waals surface area contributed by atoms with E-state index < -0.39 is 6.03 Å². The molecule has 0 radical (unpaired) electrons. The Balaban J connectivity index is 1.89. The number of hydrogen-bond acceptors (Lipinski definition) is 3. The second-order valence-corrected chi connectivity index (χ2v) is 4.79. The smallest absolute Gasteiger partial charge is 0.325 e. The van der Waals surface area contributed by atoms with Gasteiger partial charge >= 0.3 is 6.03 Å². The number of nitrogens with zero attached hydrogens (tertiary/aromatic N) is 2. The SMILES string of the molecule is O=C(CN1C(=O)CNC1=O)N1CCCCCCC1. The van der Waals surface area contributed by atoms with Crippen molar-refractivity contribution in [3.8, 4) is 0 Å². The third kappa shape index (κ3) is 3.00. The van der Waals surface area contributed by atoms with Gasteiger partial charge in [0.15, 0.2) is 0 Å². The molecule has 0 unspecified atom stereocenters. The average molecular weight is 253 g/mol. The van der Waals surface area contributed by atoms with Gasteiger partial charge in [-0.1, -0.05) is 19.3 Å². The van der Waals surface area contributed by atoms with Crippen LogP contribution in [-0.4, -0.2) is 53.8 Å². The lowest BCUT2D eigenvalue weighted by Crippen LogP contribution is -2.44. The summed E-state index contributed by atoms with van der Waals surface area (Å²) in [6.45, 7) is 1.36. The molecule has 100 valence electrons. The van der Waals surface area contributed by atoms with Crippen LogP contribution in [0.2, 0.25) is 0 Å². The monoisotopic (exact) mass is 253 g/mol. The van der Waals surface area contributed by atoms with Crippen molar-refractivity contribution in [2.45, 2.75) is 32.1 Å². The Hall–Kier alpha value is -1.59. The van der Waals surface area contributed by atoms with Gasteiger partial charge in [0.25, 0.3) is 5.91 Å². The standard InChI is InChI=1S/C12H19N3O3/c16-10-8-13-12(18)15(10)9-11(17)14-6-4-2-1-3-5-7-14/h1-9H2,(H,13,18). The van der Waals surface area contributed by atoms with Crippen molar-refractivity contribution in [1.29, 1.82) is 0 Å². The van der Waals surface area contributed by atoms with Crippen molar-refractivity contribution in [2.24, 2.45) is 0 Å². The third-order valence-electron chi connectivity index (χ3n) is 3.44. The van der Waals surface area contributed by atoms with Crippen LogP contribution in [0, 0.1) is 0 Å². The van der Waals surface area contributed by atoms with E-state index >= 15 is 0 Å². The number of imide groups is 1. The average Bonchev–Trinajstić information content (AvgIpc) is 2.60. The predicted molar refractivity (Wildman–Crippen MR) is 64.8 cm³/mol. The highest BCUT2D eigenvalue weighted by Gasteiger charge is 2.31. The van der Waals surface area contributed by atoms with Gasteiger partial charge < -0.3 is 10.2 Å². The number of likely N-dealkylation sites (tertiary alicyclic amines) is 1. The van der Waals surface area contributed by atoms with Crippen molar-refractivity contribution < 1.29 is 14.4 Å². The number of nitrogens with one attached hydrogen (secondary N) is 1. The van der Waals surface area contributed by atoms with Crippen molar-refractivity contribution in [3.05, 3.63) is 0 Å². The number of carbonyl (C=O) groups is 3. The quantitative estimate of drug-likeness (QED) is 0.721. The van der Waals surface area contributed by atoms with E-state index in [1.54, 1.807) is 4.90 Å². The molecule has 2 aliphatic heterocycles. The summed E-state index contributed by atoms with van der Waals surface area (Å²) in [4.78, 5) is 37.6. The molecule has 2 rings (SSSR count). The van der Waals surface area contributed by atoms with Gasteiger partial charge in [0.1, 0.15) is 6.54 Å². The van der Waals surface area contributed by atoms with Crippen LogP contribution in [0.1, 0.15) is 32.1 Å². The third-order valence-corrected chi connectivity index (χ3v) is 3.44. The highest BCUT2D eigenvalue weighted by molar-refractivity contribution is 6.04. The highest BCUT2D eigenvalue weighted by atomic mass is 16.2. The van der Waals surface area contributed by atoms with Gasteiger partial charge in [0.05, 0.1) is 6.54 Å². The van der Waals surface area contributed by atoms with Crippen molar-refractivity contribution in [3.63, 3.8) is 0 Å². The Morgan fingerprint density at radius 3 is 2.22 bits per heavy atom. The van der Waals surface area contributed by atoms with Gasteiger partial charge in [-0.25, -0.2) is 4.79 Å². The van der Waals surface area contributed by atoms with E-state index in [0.717, 1.165) is 43.7 Å². The van der Waals surface area contributed by atoms with Crippen LogP contribution in [-0.2, 0) is 9.59 Å². The van der Waals surface area contributed by atoms with Gasteiger partial charge in [-0.2, -0.15) is 0 Å². The first-order chi connectivity index (χ1) is 8.68. The molecular weight excluding hydrogens is 234 g/mol. The van der Waals surface area contributed by atoms with Crippen LogP contribution < -0.4 is 5.32 Å². The fraction of sp³-hybridized carbons (Fsp3) is 0.750. The number of carbonyl (C=O) groups excluding carboxylic acids is 3. The summed E-state index contributed by atoms with van der Waals surface area (Å²) in [5.74, 6) is -0.442. The molecule has 0 saturated carbocycles. The second kappa shape index (κ2) is 5.84. The zero-order valence-electron chi connectivity index (χ0n) is 10.5. The zero-order chi connectivity index (χ0) is 13.0. The van der Waals surface area contributed by atoms with E-state index in [0.29, 0.717) is 0 Å². The van der Waals surface area contributed by atoms with Crippen LogP contribution in [0.4, 0.5) is 4.79 Å². The predicted octanol–water partition coefficient (Wildman–Crippen LogP) is 0.331. The molecule has 0 atom stereocenters. The normalized spacial score (nSPS) is 21.6. The lowest BCUT2D eigenvalue weighted by molar-refractivity contribution is -0.136. The lowest BCUT2D eigenvalue weighted by atomic mass is 10.1. The molecule has 0 bridgehead atoms. The van der Waals surface area contributed by atoms with E-state index in [-0.39, 0.29) is 24.9 Å². The minimum absolute atomic E-state index is 0.00606. The first-order valence-electron chi connectivity index (χ1n) is 6.54. The van der Waals surface area contributed by atoms with Gasteiger partial charge in [0, 0.05) is 13.1 Å². The summed E-state index contributed by atoms with van der Waals surface area (Å²) in [6.07, 6.45) is 5.53. The maximum absolute atomic E-state index is 12.1. The lowest BCUT2D eigenvalue weighted by Gasteiger charge is -2.26. The molecule has 0 aromatic carbocycles. The molecule has 6 heteroatoms. The van der Waals surface area contributed by atoms with Gasteiger partial charge in [0.2, 0.25) is 5.91 Å². The maximum Gasteiger partial charge on any atom is 0.325 e. The Morgan fingerprint density at radius 1 is 1.06 bits per heavy atom. The van der Waals surface area contributed by atoms with E-state index in [2.05, 4.69) is 5.32 Å². The molecule has 2 saturated heterocycles. The Bertz CT molecular complexity index is 332. The molecule has 1 N–H and O–H groups in total. The number of amides is 4. The minimum atomic E-state index is -0.458. The van der Waals surface area contributed by atoms with E-state index in [1.165, 1.54) is 6.42 Å². The molecular formula is C12H19N3O3. The summed E-state index contributed by atoms with van der Waals surface area (Å²) in [6, 6.07) is -0.458. The molecule has 6 nitrogen and oxygen atoms in total. The first-order valence-corrected chi connectivity index (χ1v) is 6.54. The largest absolute Gasteiger partial charge is 0.341 e. The number of rotatable bonds is 2. The van der Waals surface area contributed by atoms with Crippen LogP contribution >= 0.6 is 0 Å². The van der Waals surface area contributed by atoms with Gasteiger partial charge in [-0.15, -0.1) is 0 Å². The Labute approximate surface area is 106 Å². The number of hydrogen-bond donors (Lipinski definition) is 1. The molecule has 2 aliphatic rings. The van der Waals surface area contributed by atoms with Gasteiger partial charge in [-0.05, 0) is 12.8 Å². The van der Waals surface area contributed by atoms with Crippen LogP contribution in [0.15, 0.2) is 0 Å². The van der Waals surface area contributed by atoms with Crippen molar-refractivity contribution in [2.75, 3.05) is 26.2 Å². The van der Waals surface area contributed by atoms with E-state index in [9.17, 15) is 14.4 Å². The van der Waals surface area contributed by atoms with Crippen LogP contribution in [0.5, 0.6) is 0 Å².